The molecule has 3 rings (SSSR count). The van der Waals surface area contributed by atoms with Crippen LogP contribution in [0.4, 0.5) is 9.18 Å². The lowest BCUT2D eigenvalue weighted by Crippen LogP contribution is -2.41. The fourth-order valence-corrected chi connectivity index (χ4v) is 3.47. The molecule has 0 aromatic heterocycles. The monoisotopic (exact) mass is 434 g/mol. The molecule has 1 aromatic rings. The second kappa shape index (κ2) is 8.09. The molecule has 1 N–H and O–H groups in total. The quantitative estimate of drug-likeness (QED) is 0.741. The van der Waals surface area contributed by atoms with Crippen molar-refractivity contribution >= 4 is 24.6 Å². The number of amides is 2. The Kier molecular flexibility index (Phi) is 6.14. The molecule has 2 heterocycles. The molecule has 0 radical (unpaired) electrons. The predicted octanol–water partition coefficient (Wildman–Crippen LogP) is 2.86. The average Bonchev–Trinajstić information content (AvgIpc) is 3.15. The van der Waals surface area contributed by atoms with Crippen LogP contribution < -0.4 is 10.8 Å². The van der Waals surface area contributed by atoms with Crippen LogP contribution in [0.2, 0.25) is 0 Å². The first-order valence-electron chi connectivity index (χ1n) is 10.6. The number of carbonyl (C=O) groups is 2. The van der Waals surface area contributed by atoms with E-state index in [1.165, 1.54) is 12.1 Å². The highest BCUT2D eigenvalue weighted by atomic mass is 19.1. The molecular formula is C22H32BFN2O5. The molecule has 7 nitrogen and oxygen atoms in total. The van der Waals surface area contributed by atoms with Crippen LogP contribution in [0.1, 0.15) is 65.2 Å². The van der Waals surface area contributed by atoms with Crippen molar-refractivity contribution in [3.05, 3.63) is 29.6 Å². The molecule has 31 heavy (non-hydrogen) atoms. The van der Waals surface area contributed by atoms with Crippen molar-refractivity contribution in [2.45, 2.75) is 77.7 Å². The van der Waals surface area contributed by atoms with E-state index in [1.807, 2.05) is 27.7 Å². The van der Waals surface area contributed by atoms with Crippen molar-refractivity contribution in [1.82, 2.24) is 10.2 Å². The first kappa shape index (κ1) is 23.5. The number of hydrogen-bond donors (Lipinski definition) is 1. The van der Waals surface area contributed by atoms with Crippen molar-refractivity contribution in [2.75, 3.05) is 13.1 Å². The van der Waals surface area contributed by atoms with Gasteiger partial charge in [0, 0.05) is 19.1 Å². The summed E-state index contributed by atoms with van der Waals surface area (Å²) in [7, 11) is -0.700. The summed E-state index contributed by atoms with van der Waals surface area (Å²) in [6.45, 7) is 13.9. The molecule has 2 aliphatic rings. The van der Waals surface area contributed by atoms with Crippen molar-refractivity contribution in [3.8, 4) is 0 Å². The van der Waals surface area contributed by atoms with Gasteiger partial charge in [-0.2, -0.15) is 0 Å². The minimum Gasteiger partial charge on any atom is -0.444 e. The Hall–Kier alpha value is -2.13. The molecule has 0 unspecified atom stereocenters. The molecule has 1 aromatic carbocycles. The summed E-state index contributed by atoms with van der Waals surface area (Å²) < 4.78 is 32.0. The van der Waals surface area contributed by atoms with Gasteiger partial charge in [0.25, 0.3) is 5.91 Å². The van der Waals surface area contributed by atoms with Gasteiger partial charge in [-0.25, -0.2) is 9.18 Å². The van der Waals surface area contributed by atoms with Crippen LogP contribution >= 0.6 is 0 Å². The third kappa shape index (κ3) is 5.21. The number of rotatable bonds is 3. The van der Waals surface area contributed by atoms with Crippen LogP contribution in [-0.2, 0) is 14.0 Å². The Morgan fingerprint density at radius 2 is 1.81 bits per heavy atom. The standard InChI is InChI=1S/C22H32BFN2O5/c1-20(2,3)29-19(28)26-11-10-15(13-26)25-18(27)16-9-8-14(12-17(16)24)23-30-21(4,5)22(6,7)31-23/h8-9,12,15H,10-11,13H2,1-7H3,(H,25,27)/t15-/m1/s1. The lowest BCUT2D eigenvalue weighted by molar-refractivity contribution is 0.00578. The maximum absolute atomic E-state index is 14.7. The Morgan fingerprint density at radius 3 is 2.35 bits per heavy atom. The summed E-state index contributed by atoms with van der Waals surface area (Å²) in [4.78, 5) is 26.3. The lowest BCUT2D eigenvalue weighted by Gasteiger charge is -2.32. The molecule has 0 bridgehead atoms. The second-order valence-electron chi connectivity index (χ2n) is 10.2. The molecule has 2 amide bonds. The van der Waals surface area contributed by atoms with Crippen molar-refractivity contribution in [1.29, 1.82) is 0 Å². The number of ether oxygens (including phenoxy) is 1. The molecular weight excluding hydrogens is 402 g/mol. The zero-order chi connectivity index (χ0) is 23.2. The van der Waals surface area contributed by atoms with Crippen LogP contribution in [0.5, 0.6) is 0 Å². The summed E-state index contributed by atoms with van der Waals surface area (Å²) >= 11 is 0. The zero-order valence-electron chi connectivity index (χ0n) is 19.4. The molecule has 0 aliphatic carbocycles. The van der Waals surface area contributed by atoms with Gasteiger partial charge in [-0.05, 0) is 72.5 Å². The zero-order valence-corrected chi connectivity index (χ0v) is 19.4. The van der Waals surface area contributed by atoms with E-state index in [9.17, 15) is 14.0 Å². The van der Waals surface area contributed by atoms with Gasteiger partial charge in [0.05, 0.1) is 16.8 Å². The summed E-state index contributed by atoms with van der Waals surface area (Å²) in [5.41, 5.74) is -1.19. The maximum Gasteiger partial charge on any atom is 0.494 e. The van der Waals surface area contributed by atoms with Crippen molar-refractivity contribution in [3.63, 3.8) is 0 Å². The average molecular weight is 434 g/mol. The number of halogens is 1. The predicted molar refractivity (Wildman–Crippen MR) is 116 cm³/mol. The van der Waals surface area contributed by atoms with Gasteiger partial charge >= 0.3 is 13.2 Å². The molecule has 2 fully saturated rings. The Morgan fingerprint density at radius 1 is 1.19 bits per heavy atom. The van der Waals surface area contributed by atoms with E-state index in [2.05, 4.69) is 5.32 Å². The summed E-state index contributed by atoms with van der Waals surface area (Å²) in [5, 5.41) is 2.81. The molecule has 9 heteroatoms. The van der Waals surface area contributed by atoms with Crippen molar-refractivity contribution < 1.29 is 28.0 Å². The number of hydrogen-bond acceptors (Lipinski definition) is 5. The van der Waals surface area contributed by atoms with E-state index in [4.69, 9.17) is 14.0 Å². The number of nitrogens with one attached hydrogen (secondary N) is 1. The fourth-order valence-electron chi connectivity index (χ4n) is 3.47. The van der Waals surface area contributed by atoms with Gasteiger partial charge in [-0.3, -0.25) is 4.79 Å². The lowest BCUT2D eigenvalue weighted by atomic mass is 9.78. The number of likely N-dealkylation sites (tertiary alicyclic amines) is 1. The molecule has 0 saturated carbocycles. The molecule has 1 atom stereocenters. The largest absolute Gasteiger partial charge is 0.494 e. The topological polar surface area (TPSA) is 77.1 Å². The maximum atomic E-state index is 14.7. The Bertz CT molecular complexity index is 852. The minimum atomic E-state index is -0.700. The van der Waals surface area contributed by atoms with Gasteiger partial charge in [0.1, 0.15) is 11.4 Å². The number of carbonyl (C=O) groups excluding carboxylic acids is 2. The van der Waals surface area contributed by atoms with Gasteiger partial charge < -0.3 is 24.3 Å². The number of benzene rings is 1. The highest BCUT2D eigenvalue weighted by molar-refractivity contribution is 6.62. The summed E-state index contributed by atoms with van der Waals surface area (Å²) in [6.07, 6.45) is 0.167. The molecule has 2 saturated heterocycles. The first-order valence-corrected chi connectivity index (χ1v) is 10.6. The Balaban J connectivity index is 1.61. The van der Waals surface area contributed by atoms with Gasteiger partial charge in [-0.15, -0.1) is 0 Å². The van der Waals surface area contributed by atoms with E-state index in [0.717, 1.165) is 0 Å². The van der Waals surface area contributed by atoms with E-state index in [1.54, 1.807) is 31.7 Å². The van der Waals surface area contributed by atoms with Crippen LogP contribution in [0.3, 0.4) is 0 Å². The van der Waals surface area contributed by atoms with Crippen LogP contribution in [0, 0.1) is 5.82 Å². The highest BCUT2D eigenvalue weighted by Crippen LogP contribution is 2.36. The van der Waals surface area contributed by atoms with Crippen molar-refractivity contribution in [2.24, 2.45) is 0 Å². The van der Waals surface area contributed by atoms with Gasteiger partial charge in [0.15, 0.2) is 0 Å². The third-order valence-corrected chi connectivity index (χ3v) is 5.94. The molecule has 0 spiro atoms. The smallest absolute Gasteiger partial charge is 0.444 e. The second-order valence-corrected chi connectivity index (χ2v) is 10.2. The fraction of sp³-hybridized carbons (Fsp3) is 0.636. The van der Waals surface area contributed by atoms with Gasteiger partial charge in [-0.1, -0.05) is 6.07 Å². The van der Waals surface area contributed by atoms with E-state index >= 15 is 0 Å². The molecule has 170 valence electrons. The van der Waals surface area contributed by atoms with Crippen LogP contribution in [-0.4, -0.2) is 60.0 Å². The van der Waals surface area contributed by atoms with Crippen LogP contribution in [0.25, 0.3) is 0 Å². The SMILES string of the molecule is CC(C)(C)OC(=O)N1CC[C@@H](NC(=O)c2ccc(B3OC(C)(C)C(C)(C)O3)cc2F)C1. The van der Waals surface area contributed by atoms with E-state index in [-0.39, 0.29) is 11.6 Å². The normalized spacial score (nSPS) is 22.5. The van der Waals surface area contributed by atoms with E-state index in [0.29, 0.717) is 25.0 Å². The van der Waals surface area contributed by atoms with E-state index < -0.39 is 41.7 Å². The summed E-state index contributed by atoms with van der Waals surface area (Å²) in [6, 6.07) is 4.09. The minimum absolute atomic E-state index is 0.0593. The molecule has 2 aliphatic heterocycles. The third-order valence-electron chi connectivity index (χ3n) is 5.94. The summed E-state index contributed by atoms with van der Waals surface area (Å²) in [5.74, 6) is -1.17. The Labute approximate surface area is 183 Å². The highest BCUT2D eigenvalue weighted by Gasteiger charge is 2.51. The first-order chi connectivity index (χ1) is 14.2. The van der Waals surface area contributed by atoms with Gasteiger partial charge in [0.2, 0.25) is 0 Å². The number of nitrogens with zero attached hydrogens (tertiary/aromatic N) is 1. The van der Waals surface area contributed by atoms with Crippen LogP contribution in [0.15, 0.2) is 18.2 Å².